The average molecular weight is 426 g/mol. The third-order valence-corrected chi connectivity index (χ3v) is 8.03. The first-order chi connectivity index (χ1) is 13.6. The van der Waals surface area contributed by atoms with Gasteiger partial charge in [0.15, 0.2) is 14.6 Å². The lowest BCUT2D eigenvalue weighted by Gasteiger charge is -2.28. The van der Waals surface area contributed by atoms with E-state index in [0.717, 1.165) is 25.9 Å². The van der Waals surface area contributed by atoms with Crippen molar-refractivity contribution in [2.24, 2.45) is 0 Å². The van der Waals surface area contributed by atoms with Gasteiger partial charge in [-0.2, -0.15) is 0 Å². The Morgan fingerprint density at radius 1 is 1.14 bits per heavy atom. The third-order valence-electron chi connectivity index (χ3n) is 5.47. The fourth-order valence-corrected chi connectivity index (χ4v) is 5.00. The fourth-order valence-electron chi connectivity index (χ4n) is 3.43. The zero-order valence-electron chi connectivity index (χ0n) is 17.2. The summed E-state index contributed by atoms with van der Waals surface area (Å²) in [6, 6.07) is 8.65. The highest BCUT2D eigenvalue weighted by Crippen LogP contribution is 2.28. The molecule has 1 saturated heterocycles. The Morgan fingerprint density at radius 2 is 1.76 bits per heavy atom. The van der Waals surface area contributed by atoms with Crippen molar-refractivity contribution < 1.29 is 27.9 Å². The Labute approximate surface area is 173 Å². The highest BCUT2D eigenvalue weighted by Gasteiger charge is 2.44. The number of nitrogens with zero attached hydrogens (tertiary/aromatic N) is 1. The molecule has 0 aromatic heterocycles. The molecule has 1 aromatic rings. The minimum atomic E-state index is -3.96. The first-order valence-electron chi connectivity index (χ1n) is 10.0. The molecule has 1 atom stereocenters. The maximum absolute atomic E-state index is 13.0. The number of hydrogen-bond donors (Lipinski definition) is 1. The number of sulfone groups is 1. The molecule has 7 nitrogen and oxygen atoms in total. The second kappa shape index (κ2) is 10.2. The van der Waals surface area contributed by atoms with E-state index >= 15 is 0 Å². The van der Waals surface area contributed by atoms with Crippen molar-refractivity contribution in [2.45, 2.75) is 50.2 Å². The number of esters is 1. The van der Waals surface area contributed by atoms with Crippen LogP contribution in [-0.4, -0.2) is 67.1 Å². The van der Waals surface area contributed by atoms with E-state index in [1.54, 1.807) is 30.3 Å². The lowest BCUT2D eigenvalue weighted by Crippen LogP contribution is -2.45. The van der Waals surface area contributed by atoms with Crippen molar-refractivity contribution in [1.29, 1.82) is 0 Å². The van der Waals surface area contributed by atoms with Crippen LogP contribution in [0.2, 0.25) is 0 Å². The highest BCUT2D eigenvalue weighted by atomic mass is 32.2. The third kappa shape index (κ3) is 6.54. The van der Waals surface area contributed by atoms with E-state index in [1.807, 2.05) is 0 Å². The first kappa shape index (κ1) is 23.3. The molecule has 0 amide bonds. The lowest BCUT2D eigenvalue weighted by atomic mass is 9.98. The Hall–Kier alpha value is -1.93. The van der Waals surface area contributed by atoms with Gasteiger partial charge in [0, 0.05) is 12.5 Å². The Bertz CT molecular complexity index is 785. The van der Waals surface area contributed by atoms with Gasteiger partial charge >= 0.3 is 11.9 Å². The smallest absolute Gasteiger partial charge is 0.326 e. The van der Waals surface area contributed by atoms with Crippen molar-refractivity contribution in [2.75, 3.05) is 32.0 Å². The van der Waals surface area contributed by atoms with Crippen LogP contribution >= 0.6 is 0 Å². The molecule has 0 radical (unpaired) electrons. The number of aliphatic carboxylic acids is 1. The van der Waals surface area contributed by atoms with Crippen molar-refractivity contribution >= 4 is 21.8 Å². The summed E-state index contributed by atoms with van der Waals surface area (Å²) in [5, 5.41) is 9.20. The fraction of sp³-hybridized carbons (Fsp3) is 0.619. The minimum Gasteiger partial charge on any atom is -0.481 e. The number of likely N-dealkylation sites (tertiary alicyclic amines) is 1. The molecule has 1 aromatic carbocycles. The molecule has 1 N–H and O–H groups in total. The molecule has 0 saturated carbocycles. The van der Waals surface area contributed by atoms with Crippen molar-refractivity contribution in [3.8, 4) is 0 Å². The van der Waals surface area contributed by atoms with Crippen LogP contribution in [0.3, 0.4) is 0 Å². The van der Waals surface area contributed by atoms with E-state index in [4.69, 9.17) is 4.74 Å². The van der Waals surface area contributed by atoms with E-state index in [2.05, 4.69) is 4.90 Å². The minimum absolute atomic E-state index is 0.148. The number of carboxylic acid groups (broad SMARTS) is 1. The summed E-state index contributed by atoms with van der Waals surface area (Å²) >= 11 is 0. The maximum atomic E-state index is 13.0. The van der Waals surface area contributed by atoms with Crippen LogP contribution in [0.1, 0.15) is 51.0 Å². The molecule has 1 heterocycles. The number of benzene rings is 1. The van der Waals surface area contributed by atoms with Gasteiger partial charge in [0.1, 0.15) is 6.61 Å². The van der Waals surface area contributed by atoms with Crippen molar-refractivity contribution in [3.05, 3.63) is 35.9 Å². The van der Waals surface area contributed by atoms with Crippen LogP contribution in [0.5, 0.6) is 0 Å². The summed E-state index contributed by atoms with van der Waals surface area (Å²) in [7, 11) is -3.96. The van der Waals surface area contributed by atoms with Crippen LogP contribution < -0.4 is 0 Å². The van der Waals surface area contributed by atoms with Gasteiger partial charge in [-0.3, -0.25) is 14.5 Å². The average Bonchev–Trinajstić information content (AvgIpc) is 2.68. The van der Waals surface area contributed by atoms with Gasteiger partial charge in [-0.25, -0.2) is 8.42 Å². The molecule has 1 fully saturated rings. The van der Waals surface area contributed by atoms with E-state index in [0.29, 0.717) is 12.1 Å². The molecule has 2 rings (SSSR count). The van der Waals surface area contributed by atoms with E-state index < -0.39 is 38.2 Å². The number of carboxylic acids is 1. The first-order valence-corrected chi connectivity index (χ1v) is 11.7. The molecular weight excluding hydrogens is 394 g/mol. The number of ether oxygens (including phenoxy) is 1. The summed E-state index contributed by atoms with van der Waals surface area (Å²) in [4.78, 5) is 26.0. The second-order valence-corrected chi connectivity index (χ2v) is 10.6. The highest BCUT2D eigenvalue weighted by molar-refractivity contribution is 7.93. The molecule has 29 heavy (non-hydrogen) atoms. The summed E-state index contributed by atoms with van der Waals surface area (Å²) in [5.41, 5.74) is 0.618. The molecule has 162 valence electrons. The van der Waals surface area contributed by atoms with Gasteiger partial charge in [0.25, 0.3) is 0 Å². The number of rotatable bonds is 10. The second-order valence-electron chi connectivity index (χ2n) is 8.04. The standard InChI is InChI=1S/C21H31NO6S/c1-21(2,20(25)28-14-13-22-11-7-4-8-12-22)29(26,27)16-18(15-19(23)24)17-9-5-3-6-10-17/h3,5-6,9-10,18H,4,7-8,11-16H2,1-2H3,(H,23,24). The molecule has 0 aliphatic carbocycles. The van der Waals surface area contributed by atoms with Gasteiger partial charge in [-0.1, -0.05) is 36.8 Å². The zero-order chi connectivity index (χ0) is 21.5. The van der Waals surface area contributed by atoms with Crippen molar-refractivity contribution in [1.82, 2.24) is 4.90 Å². The summed E-state index contributed by atoms with van der Waals surface area (Å²) in [6.45, 7) is 5.33. The monoisotopic (exact) mass is 425 g/mol. The number of hydrogen-bond acceptors (Lipinski definition) is 6. The van der Waals surface area contributed by atoms with Gasteiger partial charge in [-0.15, -0.1) is 0 Å². The van der Waals surface area contributed by atoms with E-state index in [9.17, 15) is 23.1 Å². The maximum Gasteiger partial charge on any atom is 0.326 e. The quantitative estimate of drug-likeness (QED) is 0.575. The van der Waals surface area contributed by atoms with Gasteiger partial charge in [0.05, 0.1) is 12.2 Å². The summed E-state index contributed by atoms with van der Waals surface area (Å²) in [6.07, 6.45) is 3.13. The Kier molecular flexibility index (Phi) is 8.22. The van der Waals surface area contributed by atoms with Crippen LogP contribution in [0.15, 0.2) is 30.3 Å². The van der Waals surface area contributed by atoms with Gasteiger partial charge in [-0.05, 0) is 45.3 Å². The SMILES string of the molecule is CC(C)(C(=O)OCCN1CCCCC1)S(=O)(=O)CC(CC(=O)O)c1ccccc1. The molecule has 0 spiro atoms. The molecular formula is C21H31NO6S. The Morgan fingerprint density at radius 3 is 2.34 bits per heavy atom. The number of carbonyl (C=O) groups is 2. The Balaban J connectivity index is 2.03. The van der Waals surface area contributed by atoms with Crippen LogP contribution in [0.4, 0.5) is 0 Å². The van der Waals surface area contributed by atoms with Crippen molar-refractivity contribution in [3.63, 3.8) is 0 Å². The largest absolute Gasteiger partial charge is 0.481 e. The van der Waals surface area contributed by atoms with Gasteiger partial charge < -0.3 is 9.84 Å². The number of carbonyl (C=O) groups excluding carboxylic acids is 1. The topological polar surface area (TPSA) is 101 Å². The van der Waals surface area contributed by atoms with Crippen LogP contribution in [0.25, 0.3) is 0 Å². The van der Waals surface area contributed by atoms with Crippen LogP contribution in [0, 0.1) is 0 Å². The summed E-state index contributed by atoms with van der Waals surface area (Å²) in [5.74, 6) is -3.05. The van der Waals surface area contributed by atoms with Crippen LogP contribution in [-0.2, 0) is 24.2 Å². The predicted octanol–water partition coefficient (Wildman–Crippen LogP) is 2.47. The van der Waals surface area contributed by atoms with Gasteiger partial charge in [0.2, 0.25) is 0 Å². The molecule has 1 unspecified atom stereocenters. The predicted molar refractivity (Wildman–Crippen MR) is 111 cm³/mol. The lowest BCUT2D eigenvalue weighted by molar-refractivity contribution is -0.146. The normalized spacial score (nSPS) is 16.9. The van der Waals surface area contributed by atoms with E-state index in [-0.39, 0.29) is 13.0 Å². The summed E-state index contributed by atoms with van der Waals surface area (Å²) < 4.78 is 29.6. The molecule has 0 bridgehead atoms. The molecule has 1 aliphatic rings. The van der Waals surface area contributed by atoms with E-state index in [1.165, 1.54) is 20.3 Å². The molecule has 1 aliphatic heterocycles. The number of piperidine rings is 1. The zero-order valence-corrected chi connectivity index (χ0v) is 18.0. The molecule has 8 heteroatoms.